The molecule has 2 aromatic carbocycles. The van der Waals surface area contributed by atoms with E-state index in [1.807, 2.05) is 49.4 Å². The minimum Gasteiger partial charge on any atom is -0.486 e. The molecule has 1 N–H and O–H groups in total. The molecule has 7 nitrogen and oxygen atoms in total. The van der Waals surface area contributed by atoms with Gasteiger partial charge >= 0.3 is 0 Å². The summed E-state index contributed by atoms with van der Waals surface area (Å²) in [6.45, 7) is 2.79. The Morgan fingerprint density at radius 2 is 2.00 bits per heavy atom. The van der Waals surface area contributed by atoms with Gasteiger partial charge in [0.2, 0.25) is 10.0 Å². The number of aromatic nitrogens is 2. The summed E-state index contributed by atoms with van der Waals surface area (Å²) in [4.78, 5) is 0. The van der Waals surface area contributed by atoms with E-state index in [9.17, 15) is 8.42 Å². The summed E-state index contributed by atoms with van der Waals surface area (Å²) in [6.07, 6.45) is 2.94. The van der Waals surface area contributed by atoms with Crippen molar-refractivity contribution < 1.29 is 17.9 Å². The number of para-hydroxylation sites is 2. The van der Waals surface area contributed by atoms with Crippen molar-refractivity contribution in [1.29, 1.82) is 0 Å². The maximum absolute atomic E-state index is 12.4. The maximum atomic E-state index is 12.4. The second-order valence-corrected chi connectivity index (χ2v) is 8.52. The lowest BCUT2D eigenvalue weighted by atomic mass is 10.2. The molecule has 0 fully saturated rings. The van der Waals surface area contributed by atoms with Crippen LogP contribution in [0, 0.1) is 6.92 Å². The summed E-state index contributed by atoms with van der Waals surface area (Å²) in [6, 6.07) is 14.9. The Labute approximate surface area is 164 Å². The fraction of sp³-hybridized carbons (Fsp3) is 0.250. The first-order valence-corrected chi connectivity index (χ1v) is 10.6. The summed E-state index contributed by atoms with van der Waals surface area (Å²) < 4.78 is 40.7. The van der Waals surface area contributed by atoms with Gasteiger partial charge in [-0.3, -0.25) is 9.40 Å². The first kappa shape index (κ1) is 18.4. The molecular formula is C20H21N3O4S. The zero-order chi connectivity index (χ0) is 19.6. The number of nitrogens with one attached hydrogen (secondary N) is 1. The predicted molar refractivity (Wildman–Crippen MR) is 106 cm³/mol. The number of aryl methyl sites for hydroxylation is 1. The fourth-order valence-electron chi connectivity index (χ4n) is 3.11. The number of anilines is 1. The molecule has 1 aliphatic rings. The number of benzene rings is 2. The van der Waals surface area contributed by atoms with Crippen molar-refractivity contribution in [2.24, 2.45) is 0 Å². The largest absolute Gasteiger partial charge is 0.486 e. The third kappa shape index (κ3) is 4.45. The number of fused-ring (bicyclic) bond motifs is 1. The molecule has 3 aromatic rings. The van der Waals surface area contributed by atoms with Crippen LogP contribution in [0.4, 0.5) is 5.69 Å². The van der Waals surface area contributed by atoms with Gasteiger partial charge in [0.1, 0.15) is 6.61 Å². The number of ether oxygens (including phenoxy) is 2. The Balaban J connectivity index is 1.38. The summed E-state index contributed by atoms with van der Waals surface area (Å²) in [5, 5.41) is 4.23. The van der Waals surface area contributed by atoms with Gasteiger partial charge in [0, 0.05) is 6.20 Å². The van der Waals surface area contributed by atoms with Crippen LogP contribution in [0.2, 0.25) is 0 Å². The summed E-state index contributed by atoms with van der Waals surface area (Å²) in [5.41, 5.74) is 2.19. The number of sulfonamides is 1. The molecule has 0 aliphatic carbocycles. The van der Waals surface area contributed by atoms with Gasteiger partial charge in [-0.25, -0.2) is 8.42 Å². The Morgan fingerprint density at radius 3 is 2.82 bits per heavy atom. The summed E-state index contributed by atoms with van der Waals surface area (Å²) in [7, 11) is -3.52. The average molecular weight is 399 g/mol. The van der Waals surface area contributed by atoms with E-state index in [1.54, 1.807) is 16.9 Å². The number of nitrogens with zero attached hydrogens (tertiary/aromatic N) is 2. The van der Waals surface area contributed by atoms with E-state index in [0.717, 1.165) is 16.9 Å². The maximum Gasteiger partial charge on any atom is 0.237 e. The Bertz CT molecular complexity index is 1080. The zero-order valence-corrected chi connectivity index (χ0v) is 16.2. The van der Waals surface area contributed by atoms with E-state index < -0.39 is 10.0 Å². The van der Waals surface area contributed by atoms with E-state index in [4.69, 9.17) is 9.47 Å². The molecule has 146 valence electrons. The van der Waals surface area contributed by atoms with Crippen molar-refractivity contribution in [2.45, 2.75) is 25.3 Å². The lowest BCUT2D eigenvalue weighted by molar-refractivity contribution is 0.0759. The van der Waals surface area contributed by atoms with E-state index >= 15 is 0 Å². The van der Waals surface area contributed by atoms with Crippen molar-refractivity contribution >= 4 is 15.7 Å². The van der Waals surface area contributed by atoms with Crippen molar-refractivity contribution in [3.63, 3.8) is 0 Å². The van der Waals surface area contributed by atoms with Gasteiger partial charge in [0.15, 0.2) is 17.6 Å². The molecule has 0 radical (unpaired) electrons. The second-order valence-electron chi connectivity index (χ2n) is 6.80. The molecule has 28 heavy (non-hydrogen) atoms. The number of hydrogen-bond acceptors (Lipinski definition) is 5. The highest BCUT2D eigenvalue weighted by atomic mass is 32.2. The molecule has 1 atom stereocenters. The molecule has 0 spiro atoms. The molecule has 2 heterocycles. The van der Waals surface area contributed by atoms with Crippen LogP contribution in [0.1, 0.15) is 11.1 Å². The third-order valence-corrected chi connectivity index (χ3v) is 5.56. The highest BCUT2D eigenvalue weighted by molar-refractivity contribution is 7.91. The lowest BCUT2D eigenvalue weighted by Gasteiger charge is -2.26. The van der Waals surface area contributed by atoms with E-state index in [0.29, 0.717) is 24.6 Å². The first-order valence-electron chi connectivity index (χ1n) is 8.94. The van der Waals surface area contributed by atoms with Gasteiger partial charge in [0.05, 0.1) is 24.2 Å². The smallest absolute Gasteiger partial charge is 0.237 e. The minimum absolute atomic E-state index is 0.0871. The average Bonchev–Trinajstić information content (AvgIpc) is 3.07. The fourth-order valence-corrected chi connectivity index (χ4v) is 4.27. The molecule has 0 saturated heterocycles. The van der Waals surface area contributed by atoms with Crippen molar-refractivity contribution in [3.8, 4) is 11.5 Å². The Hall–Kier alpha value is -3.00. The van der Waals surface area contributed by atoms with E-state index in [2.05, 4.69) is 9.82 Å². The predicted octanol–water partition coefficient (Wildman–Crippen LogP) is 2.97. The molecule has 0 bridgehead atoms. The molecule has 1 aromatic heterocycles. The minimum atomic E-state index is -3.52. The molecule has 1 aliphatic heterocycles. The Morgan fingerprint density at radius 1 is 1.18 bits per heavy atom. The number of rotatable bonds is 6. The van der Waals surface area contributed by atoms with Gasteiger partial charge in [0.25, 0.3) is 0 Å². The Kier molecular flexibility index (Phi) is 4.95. The van der Waals surface area contributed by atoms with E-state index in [1.165, 1.54) is 6.20 Å². The normalized spacial score (nSPS) is 16.0. The van der Waals surface area contributed by atoms with Crippen LogP contribution in [0.25, 0.3) is 0 Å². The van der Waals surface area contributed by atoms with Crippen molar-refractivity contribution in [3.05, 3.63) is 72.1 Å². The summed E-state index contributed by atoms with van der Waals surface area (Å²) in [5.74, 6) is 1.34. The van der Waals surface area contributed by atoms with Crippen molar-refractivity contribution in [2.75, 3.05) is 11.3 Å². The molecule has 0 saturated carbocycles. The van der Waals surface area contributed by atoms with Gasteiger partial charge in [-0.1, -0.05) is 42.0 Å². The van der Waals surface area contributed by atoms with Gasteiger partial charge in [-0.2, -0.15) is 5.10 Å². The quantitative estimate of drug-likeness (QED) is 0.689. The number of hydrogen-bond donors (Lipinski definition) is 1. The molecular weight excluding hydrogens is 378 g/mol. The topological polar surface area (TPSA) is 82.5 Å². The van der Waals surface area contributed by atoms with Crippen LogP contribution >= 0.6 is 0 Å². The first-order chi connectivity index (χ1) is 13.5. The van der Waals surface area contributed by atoms with E-state index in [-0.39, 0.29) is 11.9 Å². The molecule has 0 unspecified atom stereocenters. The molecule has 8 heteroatoms. The summed E-state index contributed by atoms with van der Waals surface area (Å²) >= 11 is 0. The highest BCUT2D eigenvalue weighted by Crippen LogP contribution is 2.31. The monoisotopic (exact) mass is 399 g/mol. The molecule has 4 rings (SSSR count). The highest BCUT2D eigenvalue weighted by Gasteiger charge is 2.21. The van der Waals surface area contributed by atoms with Crippen LogP contribution < -0.4 is 14.2 Å². The van der Waals surface area contributed by atoms with Gasteiger partial charge in [-0.15, -0.1) is 0 Å². The van der Waals surface area contributed by atoms with Crippen LogP contribution in [-0.2, 0) is 22.3 Å². The van der Waals surface area contributed by atoms with Crippen LogP contribution in [0.3, 0.4) is 0 Å². The van der Waals surface area contributed by atoms with Gasteiger partial charge < -0.3 is 9.47 Å². The molecule has 0 amide bonds. The lowest BCUT2D eigenvalue weighted by Crippen LogP contribution is -2.33. The standard InChI is InChI=1S/C20H21N3O4S/c1-15-5-4-6-16(9-15)14-28(24,25)22-17-10-21-23(11-17)12-18-13-26-19-7-2-3-8-20(19)27-18/h2-11,18,22H,12-14H2,1H3/t18-/m0/s1. The van der Waals surface area contributed by atoms with Crippen LogP contribution in [0.5, 0.6) is 11.5 Å². The van der Waals surface area contributed by atoms with Gasteiger partial charge in [-0.05, 0) is 24.6 Å². The second kappa shape index (κ2) is 7.55. The van der Waals surface area contributed by atoms with Crippen molar-refractivity contribution in [1.82, 2.24) is 9.78 Å². The van der Waals surface area contributed by atoms with Crippen LogP contribution in [0.15, 0.2) is 60.9 Å². The SMILES string of the molecule is Cc1cccc(CS(=O)(=O)Nc2cnn(C[C@H]3COc4ccccc4O3)c2)c1. The third-order valence-electron chi connectivity index (χ3n) is 4.30. The zero-order valence-electron chi connectivity index (χ0n) is 15.4. The van der Waals surface area contributed by atoms with Crippen LogP contribution in [-0.4, -0.2) is 30.9 Å².